The average Bonchev–Trinajstić information content (AvgIpc) is 3.23. The van der Waals surface area contributed by atoms with Crippen molar-refractivity contribution in [3.63, 3.8) is 0 Å². The molecule has 0 radical (unpaired) electrons. The predicted octanol–water partition coefficient (Wildman–Crippen LogP) is 2.79. The Bertz CT molecular complexity index is 845. The number of para-hydroxylation sites is 1. The van der Waals surface area contributed by atoms with E-state index in [0.717, 1.165) is 30.2 Å². The van der Waals surface area contributed by atoms with E-state index < -0.39 is 0 Å². The summed E-state index contributed by atoms with van der Waals surface area (Å²) in [6.07, 6.45) is 4.87. The van der Waals surface area contributed by atoms with Gasteiger partial charge in [0, 0.05) is 34.6 Å². The third-order valence-electron chi connectivity index (χ3n) is 5.05. The fourth-order valence-corrected chi connectivity index (χ4v) is 4.03. The van der Waals surface area contributed by atoms with Crippen LogP contribution in [0.5, 0.6) is 0 Å². The molecule has 2 aromatic heterocycles. The number of fused-ring (bicyclic) bond motifs is 5. The van der Waals surface area contributed by atoms with Crippen molar-refractivity contribution in [3.05, 3.63) is 53.5 Å². The minimum Gasteiger partial charge on any atom is -0.351 e. The van der Waals surface area contributed by atoms with Crippen LogP contribution in [0.15, 0.2) is 36.5 Å². The summed E-state index contributed by atoms with van der Waals surface area (Å²) in [4.78, 5) is 18.3. The van der Waals surface area contributed by atoms with Gasteiger partial charge >= 0.3 is 0 Å². The molecule has 0 saturated carbocycles. The van der Waals surface area contributed by atoms with Gasteiger partial charge < -0.3 is 9.88 Å². The number of rotatable bonds is 1. The molecule has 1 aromatic carbocycles. The number of carbonyl (C=O) groups excluding carboxylic acids is 1. The Morgan fingerprint density at radius 3 is 3.09 bits per heavy atom. The molecule has 5 rings (SSSR count). The van der Waals surface area contributed by atoms with Crippen molar-refractivity contribution in [1.29, 1.82) is 0 Å². The first-order valence-electron chi connectivity index (χ1n) is 7.74. The molecule has 1 amide bonds. The maximum Gasteiger partial charge on any atom is 0.271 e. The van der Waals surface area contributed by atoms with Gasteiger partial charge in [-0.25, -0.2) is 0 Å². The van der Waals surface area contributed by atoms with Gasteiger partial charge in [0.1, 0.15) is 5.69 Å². The van der Waals surface area contributed by atoms with Crippen LogP contribution in [-0.4, -0.2) is 32.0 Å². The number of H-pyrrole nitrogens is 2. The average molecular weight is 292 g/mol. The van der Waals surface area contributed by atoms with E-state index >= 15 is 0 Å². The molecular formula is C17H16N4O. The highest BCUT2D eigenvalue weighted by atomic mass is 16.2. The first-order chi connectivity index (χ1) is 10.8. The second-order valence-electron chi connectivity index (χ2n) is 6.24. The van der Waals surface area contributed by atoms with Crippen LogP contribution >= 0.6 is 0 Å². The van der Waals surface area contributed by atoms with E-state index in [4.69, 9.17) is 0 Å². The van der Waals surface area contributed by atoms with Crippen molar-refractivity contribution in [1.82, 2.24) is 20.1 Å². The Morgan fingerprint density at radius 1 is 1.27 bits per heavy atom. The molecule has 4 heterocycles. The maximum absolute atomic E-state index is 13.0. The molecule has 2 atom stereocenters. The standard InChI is InChI=1S/C17H16N4O/c22-17(15-7-10-3-1-2-4-13(10)19-15)21-11-5-6-16(21)12-9-18-20-14(12)8-11/h1-4,7,9,11,16,19H,5-6,8H2,(H,18,20). The number of hydrogen-bond acceptors (Lipinski definition) is 2. The van der Waals surface area contributed by atoms with Crippen LogP contribution in [0.2, 0.25) is 0 Å². The molecule has 2 N–H and O–H groups in total. The third kappa shape index (κ3) is 1.53. The van der Waals surface area contributed by atoms with Crippen molar-refractivity contribution in [2.45, 2.75) is 31.3 Å². The van der Waals surface area contributed by atoms with Gasteiger partial charge in [0.15, 0.2) is 0 Å². The molecular weight excluding hydrogens is 276 g/mol. The summed E-state index contributed by atoms with van der Waals surface area (Å²) in [5.74, 6) is 0.107. The highest BCUT2D eigenvalue weighted by Crippen LogP contribution is 2.43. The largest absolute Gasteiger partial charge is 0.351 e. The molecule has 0 spiro atoms. The molecule has 1 fully saturated rings. The SMILES string of the molecule is O=C(c1cc2ccccc2[nH]1)N1C2CCC1c1cn[nH]c1C2. The molecule has 2 unspecified atom stereocenters. The highest BCUT2D eigenvalue weighted by molar-refractivity contribution is 5.98. The van der Waals surface area contributed by atoms with Crippen LogP contribution in [0.25, 0.3) is 10.9 Å². The minimum atomic E-state index is 0.107. The summed E-state index contributed by atoms with van der Waals surface area (Å²) in [5, 5.41) is 8.32. The van der Waals surface area contributed by atoms with E-state index in [-0.39, 0.29) is 18.0 Å². The molecule has 2 aliphatic heterocycles. The molecule has 5 heteroatoms. The zero-order valence-electron chi connectivity index (χ0n) is 12.0. The van der Waals surface area contributed by atoms with Crippen LogP contribution in [0.4, 0.5) is 0 Å². The van der Waals surface area contributed by atoms with Gasteiger partial charge in [-0.2, -0.15) is 5.10 Å². The first-order valence-corrected chi connectivity index (χ1v) is 7.74. The van der Waals surface area contributed by atoms with E-state index in [1.54, 1.807) is 0 Å². The number of aromatic nitrogens is 3. The van der Waals surface area contributed by atoms with E-state index in [1.165, 1.54) is 11.3 Å². The van der Waals surface area contributed by atoms with E-state index in [2.05, 4.69) is 20.1 Å². The van der Waals surface area contributed by atoms with Gasteiger partial charge in [-0.1, -0.05) is 18.2 Å². The van der Waals surface area contributed by atoms with Crippen molar-refractivity contribution in [3.8, 4) is 0 Å². The van der Waals surface area contributed by atoms with E-state index in [0.29, 0.717) is 5.69 Å². The molecule has 1 saturated heterocycles. The lowest BCUT2D eigenvalue weighted by molar-refractivity contribution is 0.0640. The maximum atomic E-state index is 13.0. The molecule has 2 aliphatic rings. The summed E-state index contributed by atoms with van der Waals surface area (Å²) >= 11 is 0. The summed E-state index contributed by atoms with van der Waals surface area (Å²) in [6, 6.07) is 10.4. The Balaban J connectivity index is 1.56. The minimum absolute atomic E-state index is 0.107. The molecule has 0 aliphatic carbocycles. The Hall–Kier alpha value is -2.56. The number of aromatic amines is 2. The van der Waals surface area contributed by atoms with Crippen LogP contribution < -0.4 is 0 Å². The second-order valence-corrected chi connectivity index (χ2v) is 6.24. The molecule has 3 aromatic rings. The number of amides is 1. The van der Waals surface area contributed by atoms with Crippen LogP contribution in [-0.2, 0) is 6.42 Å². The fourth-order valence-electron chi connectivity index (χ4n) is 4.03. The lowest BCUT2D eigenvalue weighted by Crippen LogP contribution is -2.41. The number of carbonyl (C=O) groups is 1. The summed E-state index contributed by atoms with van der Waals surface area (Å²) in [6.45, 7) is 0. The number of hydrogen-bond donors (Lipinski definition) is 2. The predicted molar refractivity (Wildman–Crippen MR) is 82.5 cm³/mol. The van der Waals surface area contributed by atoms with Crippen molar-refractivity contribution >= 4 is 16.8 Å². The zero-order valence-corrected chi connectivity index (χ0v) is 12.0. The van der Waals surface area contributed by atoms with Gasteiger partial charge in [-0.15, -0.1) is 0 Å². The summed E-state index contributed by atoms with van der Waals surface area (Å²) in [7, 11) is 0. The van der Waals surface area contributed by atoms with Gasteiger partial charge in [-0.3, -0.25) is 9.89 Å². The van der Waals surface area contributed by atoms with Gasteiger partial charge in [-0.05, 0) is 25.0 Å². The number of nitrogens with one attached hydrogen (secondary N) is 2. The van der Waals surface area contributed by atoms with Crippen molar-refractivity contribution < 1.29 is 4.79 Å². The Morgan fingerprint density at radius 2 is 2.18 bits per heavy atom. The number of benzene rings is 1. The molecule has 110 valence electrons. The zero-order chi connectivity index (χ0) is 14.7. The normalized spacial score (nSPS) is 23.0. The van der Waals surface area contributed by atoms with Crippen molar-refractivity contribution in [2.24, 2.45) is 0 Å². The Labute approximate surface area is 127 Å². The van der Waals surface area contributed by atoms with E-state index in [9.17, 15) is 4.79 Å². The van der Waals surface area contributed by atoms with Gasteiger partial charge in [0.25, 0.3) is 5.91 Å². The van der Waals surface area contributed by atoms with Gasteiger partial charge in [0.2, 0.25) is 0 Å². The summed E-state index contributed by atoms with van der Waals surface area (Å²) in [5.41, 5.74) is 4.09. The lowest BCUT2D eigenvalue weighted by Gasteiger charge is -2.34. The smallest absolute Gasteiger partial charge is 0.271 e. The van der Waals surface area contributed by atoms with E-state index in [1.807, 2.05) is 36.5 Å². The topological polar surface area (TPSA) is 64.8 Å². The van der Waals surface area contributed by atoms with Crippen LogP contribution in [0.3, 0.4) is 0 Å². The quantitative estimate of drug-likeness (QED) is 0.724. The lowest BCUT2D eigenvalue weighted by atomic mass is 10.00. The Kier molecular flexibility index (Phi) is 2.31. The monoisotopic (exact) mass is 292 g/mol. The molecule has 5 nitrogen and oxygen atoms in total. The third-order valence-corrected chi connectivity index (χ3v) is 5.05. The first kappa shape index (κ1) is 12.0. The summed E-state index contributed by atoms with van der Waals surface area (Å²) < 4.78 is 0. The van der Waals surface area contributed by atoms with Crippen LogP contribution in [0, 0.1) is 0 Å². The van der Waals surface area contributed by atoms with Crippen LogP contribution in [0.1, 0.15) is 40.6 Å². The number of nitrogens with zero attached hydrogens (tertiary/aromatic N) is 2. The second kappa shape index (κ2) is 4.22. The van der Waals surface area contributed by atoms with Crippen molar-refractivity contribution in [2.75, 3.05) is 0 Å². The fraction of sp³-hybridized carbons (Fsp3) is 0.294. The highest BCUT2D eigenvalue weighted by Gasteiger charge is 2.43. The van der Waals surface area contributed by atoms with Gasteiger partial charge in [0.05, 0.1) is 12.2 Å². The molecule has 2 bridgehead atoms. The molecule has 22 heavy (non-hydrogen) atoms.